The molecule has 3 rings (SSSR count). The van der Waals surface area contributed by atoms with Crippen LogP contribution in [0.15, 0.2) is 29.6 Å². The Morgan fingerprint density at radius 1 is 1.42 bits per heavy atom. The summed E-state index contributed by atoms with van der Waals surface area (Å²) in [5, 5.41) is 34.2. The molecule has 11 heteroatoms. The first-order valence-corrected chi connectivity index (χ1v) is 7.67. The number of thiazole rings is 1. The minimum absolute atomic E-state index is 0.0629. The van der Waals surface area contributed by atoms with Gasteiger partial charge in [-0.2, -0.15) is 5.21 Å². The van der Waals surface area contributed by atoms with Gasteiger partial charge in [-0.3, -0.25) is 9.69 Å². The lowest BCUT2D eigenvalue weighted by Gasteiger charge is -2.22. The molecule has 124 valence electrons. The van der Waals surface area contributed by atoms with Gasteiger partial charge in [0.15, 0.2) is 0 Å². The van der Waals surface area contributed by atoms with Crippen LogP contribution in [0.25, 0.3) is 10.6 Å². The summed E-state index contributed by atoms with van der Waals surface area (Å²) in [5.74, 6) is -0.595. The summed E-state index contributed by atoms with van der Waals surface area (Å²) in [6, 6.07) is 6.67. The Bertz CT molecular complexity index is 836. The van der Waals surface area contributed by atoms with E-state index in [9.17, 15) is 15.0 Å². The number of aromatic nitrogens is 5. The van der Waals surface area contributed by atoms with Crippen LogP contribution in [0.1, 0.15) is 10.5 Å². The zero-order chi connectivity index (χ0) is 17.1. The lowest BCUT2D eigenvalue weighted by atomic mass is 10.2. The number of para-hydroxylation sites is 1. The van der Waals surface area contributed by atoms with Crippen molar-refractivity contribution in [1.29, 1.82) is 0 Å². The third-order valence-corrected chi connectivity index (χ3v) is 4.02. The van der Waals surface area contributed by atoms with Gasteiger partial charge in [-0.25, -0.2) is 4.98 Å². The predicted octanol–water partition coefficient (Wildman–Crippen LogP) is -0.0473. The van der Waals surface area contributed by atoms with Gasteiger partial charge in [-0.1, -0.05) is 17.2 Å². The molecule has 0 aliphatic rings. The summed E-state index contributed by atoms with van der Waals surface area (Å²) in [4.78, 5) is 17.9. The molecule has 0 saturated heterocycles. The van der Waals surface area contributed by atoms with Crippen LogP contribution in [-0.4, -0.2) is 54.5 Å². The normalized spacial score (nSPS) is 12.1. The average molecular weight is 347 g/mol. The number of tetrazole rings is 1. The van der Waals surface area contributed by atoms with Crippen LogP contribution in [0.4, 0.5) is 5.95 Å². The maximum absolute atomic E-state index is 12.7. The first kappa shape index (κ1) is 16.0. The van der Waals surface area contributed by atoms with Crippen molar-refractivity contribution in [3.8, 4) is 16.3 Å². The molecule has 1 aromatic carbocycles. The van der Waals surface area contributed by atoms with Crippen LogP contribution in [0, 0.1) is 0 Å². The van der Waals surface area contributed by atoms with E-state index in [1.165, 1.54) is 22.8 Å². The van der Waals surface area contributed by atoms with Crippen molar-refractivity contribution >= 4 is 23.2 Å². The number of phenols is 1. The lowest BCUT2D eigenvalue weighted by Crippen LogP contribution is -2.49. The van der Waals surface area contributed by atoms with E-state index < -0.39 is 18.7 Å². The van der Waals surface area contributed by atoms with Gasteiger partial charge in [0.2, 0.25) is 0 Å². The van der Waals surface area contributed by atoms with Crippen molar-refractivity contribution < 1.29 is 15.0 Å². The number of nitrogens with zero attached hydrogens (tertiary/aromatic N) is 5. The fourth-order valence-electron chi connectivity index (χ4n) is 2.00. The SMILES string of the molecule is NC(CO)N(C(=O)c1csc(-c2ccccc2O)n1)c1nn[nH]n1. The van der Waals surface area contributed by atoms with Crippen LogP contribution in [0.5, 0.6) is 5.75 Å². The summed E-state index contributed by atoms with van der Waals surface area (Å²) in [7, 11) is 0. The molecule has 0 aliphatic heterocycles. The number of hydrogen-bond donors (Lipinski definition) is 4. The Morgan fingerprint density at radius 3 is 2.88 bits per heavy atom. The van der Waals surface area contributed by atoms with Gasteiger partial charge in [-0.05, 0) is 17.3 Å². The number of phenolic OH excluding ortho intramolecular Hbond substituents is 1. The van der Waals surface area contributed by atoms with Crippen LogP contribution >= 0.6 is 11.3 Å². The van der Waals surface area contributed by atoms with Crippen LogP contribution in [0.3, 0.4) is 0 Å². The van der Waals surface area contributed by atoms with Crippen LogP contribution < -0.4 is 10.6 Å². The highest BCUT2D eigenvalue weighted by atomic mass is 32.1. The summed E-state index contributed by atoms with van der Waals surface area (Å²) in [5.41, 5.74) is 6.36. The highest BCUT2D eigenvalue weighted by Crippen LogP contribution is 2.31. The highest BCUT2D eigenvalue weighted by Gasteiger charge is 2.28. The predicted molar refractivity (Wildman–Crippen MR) is 85.3 cm³/mol. The number of carbonyl (C=O) groups excluding carboxylic acids is 1. The van der Waals surface area contributed by atoms with Gasteiger partial charge in [0, 0.05) is 5.38 Å². The summed E-state index contributed by atoms with van der Waals surface area (Å²) in [6.07, 6.45) is -1.05. The number of hydrogen-bond acceptors (Lipinski definition) is 9. The van der Waals surface area contributed by atoms with E-state index in [1.807, 2.05) is 0 Å². The van der Waals surface area contributed by atoms with E-state index in [0.29, 0.717) is 10.6 Å². The lowest BCUT2D eigenvalue weighted by molar-refractivity contribution is 0.0958. The Balaban J connectivity index is 1.93. The van der Waals surface area contributed by atoms with Crippen molar-refractivity contribution in [1.82, 2.24) is 25.6 Å². The van der Waals surface area contributed by atoms with Gasteiger partial charge in [0.25, 0.3) is 11.9 Å². The molecule has 0 radical (unpaired) electrons. The number of nitrogens with one attached hydrogen (secondary N) is 1. The molecule has 24 heavy (non-hydrogen) atoms. The second-order valence-corrected chi connectivity index (χ2v) is 5.55. The number of aliphatic hydroxyl groups is 1. The number of aromatic amines is 1. The van der Waals surface area contributed by atoms with E-state index in [1.54, 1.807) is 18.2 Å². The minimum Gasteiger partial charge on any atom is -0.507 e. The van der Waals surface area contributed by atoms with E-state index in [-0.39, 0.29) is 17.4 Å². The number of amides is 1. The van der Waals surface area contributed by atoms with Gasteiger partial charge in [0.05, 0.1) is 12.2 Å². The molecule has 1 amide bonds. The van der Waals surface area contributed by atoms with Crippen molar-refractivity contribution in [2.24, 2.45) is 5.73 Å². The molecule has 0 fully saturated rings. The first-order chi connectivity index (χ1) is 11.6. The summed E-state index contributed by atoms with van der Waals surface area (Å²) < 4.78 is 0. The summed E-state index contributed by atoms with van der Waals surface area (Å²) in [6.45, 7) is -0.489. The average Bonchev–Trinajstić information content (AvgIpc) is 3.27. The minimum atomic E-state index is -1.05. The molecule has 0 aliphatic carbocycles. The second-order valence-electron chi connectivity index (χ2n) is 4.69. The molecule has 10 nitrogen and oxygen atoms in total. The Morgan fingerprint density at radius 2 is 2.21 bits per heavy atom. The fraction of sp³-hybridized carbons (Fsp3) is 0.154. The molecule has 5 N–H and O–H groups in total. The second kappa shape index (κ2) is 6.70. The molecule has 0 bridgehead atoms. The van der Waals surface area contributed by atoms with Crippen molar-refractivity contribution in [2.45, 2.75) is 6.17 Å². The number of rotatable bonds is 5. The molecule has 1 unspecified atom stereocenters. The van der Waals surface area contributed by atoms with E-state index >= 15 is 0 Å². The monoisotopic (exact) mass is 347 g/mol. The molecule has 3 aromatic rings. The zero-order valence-electron chi connectivity index (χ0n) is 12.2. The number of carbonyl (C=O) groups is 1. The molecule has 1 atom stereocenters. The number of nitrogens with two attached hydrogens (primary N) is 1. The standard InChI is InChI=1S/C13H13N7O3S/c14-10(5-21)20(13-16-18-19-17-13)12(23)8-6-24-11(15-8)7-3-1-2-4-9(7)22/h1-4,6,10,21-22H,5,14H2,(H,16,17,18,19). The van der Waals surface area contributed by atoms with E-state index in [2.05, 4.69) is 25.6 Å². The van der Waals surface area contributed by atoms with Crippen molar-refractivity contribution in [3.63, 3.8) is 0 Å². The maximum atomic E-state index is 12.7. The third kappa shape index (κ3) is 2.95. The third-order valence-electron chi connectivity index (χ3n) is 3.14. The largest absolute Gasteiger partial charge is 0.507 e. The first-order valence-electron chi connectivity index (χ1n) is 6.79. The van der Waals surface area contributed by atoms with E-state index in [0.717, 1.165) is 4.90 Å². The van der Waals surface area contributed by atoms with Gasteiger partial charge in [0.1, 0.15) is 22.6 Å². The Hall–Kier alpha value is -2.89. The fourth-order valence-corrected chi connectivity index (χ4v) is 2.83. The van der Waals surface area contributed by atoms with Crippen LogP contribution in [-0.2, 0) is 0 Å². The topological polar surface area (TPSA) is 154 Å². The van der Waals surface area contributed by atoms with Gasteiger partial charge < -0.3 is 15.9 Å². The van der Waals surface area contributed by atoms with Crippen LogP contribution in [0.2, 0.25) is 0 Å². The molecule has 2 aromatic heterocycles. The number of aromatic hydroxyl groups is 1. The highest BCUT2D eigenvalue weighted by molar-refractivity contribution is 7.13. The van der Waals surface area contributed by atoms with Crippen molar-refractivity contribution in [3.05, 3.63) is 35.3 Å². The molecule has 0 spiro atoms. The number of aliphatic hydroxyl groups excluding tert-OH is 1. The quantitative estimate of drug-likeness (QED) is 0.468. The molecule has 0 saturated carbocycles. The number of anilines is 1. The Kier molecular flexibility index (Phi) is 4.46. The van der Waals surface area contributed by atoms with E-state index in [4.69, 9.17) is 5.73 Å². The Labute approximate surface area is 139 Å². The van der Waals surface area contributed by atoms with Crippen molar-refractivity contribution in [2.75, 3.05) is 11.5 Å². The van der Waals surface area contributed by atoms with Gasteiger partial charge in [-0.15, -0.1) is 16.4 Å². The smallest absolute Gasteiger partial charge is 0.281 e. The molecular formula is C13H13N7O3S. The molecular weight excluding hydrogens is 334 g/mol. The summed E-state index contributed by atoms with van der Waals surface area (Å²) >= 11 is 1.19. The maximum Gasteiger partial charge on any atom is 0.281 e. The molecule has 2 heterocycles. The number of H-pyrrole nitrogens is 1. The number of benzene rings is 1. The zero-order valence-corrected chi connectivity index (χ0v) is 13.0. The van der Waals surface area contributed by atoms with Gasteiger partial charge >= 0.3 is 0 Å².